The first-order valence-corrected chi connectivity index (χ1v) is 12.8. The highest BCUT2D eigenvalue weighted by Gasteiger charge is 2.25. The van der Waals surface area contributed by atoms with Gasteiger partial charge in [0.1, 0.15) is 6.04 Å². The Morgan fingerprint density at radius 1 is 1.03 bits per heavy atom. The molecule has 0 saturated heterocycles. The average molecular weight is 461 g/mol. The Morgan fingerprint density at radius 3 is 2.56 bits per heavy atom. The van der Waals surface area contributed by atoms with Crippen LogP contribution in [0.4, 0.5) is 0 Å². The molecule has 1 N–H and O–H groups in total. The molecule has 3 aromatic rings. The Balaban J connectivity index is 1.34. The summed E-state index contributed by atoms with van der Waals surface area (Å²) in [4.78, 5) is 23.7. The third kappa shape index (κ3) is 5.57. The molecule has 4 rings (SSSR count). The minimum Gasteiger partial charge on any atom is -0.481 e. The van der Waals surface area contributed by atoms with E-state index in [0.717, 1.165) is 56.0 Å². The van der Waals surface area contributed by atoms with Crippen LogP contribution in [0.25, 0.3) is 10.9 Å². The van der Waals surface area contributed by atoms with Gasteiger partial charge in [0.25, 0.3) is 0 Å². The highest BCUT2D eigenvalue weighted by Crippen LogP contribution is 2.35. The van der Waals surface area contributed by atoms with Gasteiger partial charge in [-0.05, 0) is 74.1 Å². The molecule has 5 heteroatoms. The summed E-state index contributed by atoms with van der Waals surface area (Å²) in [7, 11) is 2.09. The first-order chi connectivity index (χ1) is 16.6. The maximum absolute atomic E-state index is 11.9. The Labute approximate surface area is 202 Å². The van der Waals surface area contributed by atoms with E-state index in [4.69, 9.17) is 0 Å². The van der Waals surface area contributed by atoms with Crippen LogP contribution < -0.4 is 0 Å². The molecule has 0 radical (unpaired) electrons. The van der Waals surface area contributed by atoms with Gasteiger partial charge in [-0.3, -0.25) is 4.79 Å². The second kappa shape index (κ2) is 11.5. The Hall–Kier alpha value is -2.95. The molecule has 1 aromatic heterocycles. The molecular formula is C29H36N2O3. The topological polar surface area (TPSA) is 71.7 Å². The van der Waals surface area contributed by atoms with Crippen molar-refractivity contribution in [2.75, 3.05) is 0 Å². The van der Waals surface area contributed by atoms with Crippen molar-refractivity contribution in [3.63, 3.8) is 0 Å². The fourth-order valence-electron chi connectivity index (χ4n) is 5.55. The number of carboxylic acids is 1. The number of aromatic nitrogens is 1. The fraction of sp³-hybridized carbons (Fsp3) is 0.483. The van der Waals surface area contributed by atoms with E-state index in [0.29, 0.717) is 6.42 Å². The number of hydrogen-bond donors (Lipinski definition) is 1. The van der Waals surface area contributed by atoms with Crippen LogP contribution in [-0.4, -0.2) is 15.6 Å². The number of unbranched alkanes of at least 4 members (excludes halogenated alkanes) is 3. The maximum atomic E-state index is 11.9. The van der Waals surface area contributed by atoms with Crippen molar-refractivity contribution in [2.24, 2.45) is 18.1 Å². The van der Waals surface area contributed by atoms with Gasteiger partial charge in [0.15, 0.2) is 0 Å². The molecule has 2 aromatic carbocycles. The minimum absolute atomic E-state index is 0.262. The molecule has 1 aliphatic carbocycles. The van der Waals surface area contributed by atoms with E-state index < -0.39 is 17.9 Å². The first-order valence-electron chi connectivity index (χ1n) is 12.8. The zero-order chi connectivity index (χ0) is 23.9. The molecular weight excluding hydrogens is 424 g/mol. The smallest absolute Gasteiger partial charge is 0.306 e. The van der Waals surface area contributed by atoms with E-state index in [1.54, 1.807) is 0 Å². The summed E-state index contributed by atoms with van der Waals surface area (Å²) in [6.07, 6.45) is 10.6. The van der Waals surface area contributed by atoms with Gasteiger partial charge in [0.05, 0.1) is 5.92 Å². The summed E-state index contributed by atoms with van der Waals surface area (Å²) in [6.45, 7) is 0. The van der Waals surface area contributed by atoms with E-state index in [-0.39, 0.29) is 6.42 Å². The third-order valence-electron chi connectivity index (χ3n) is 7.53. The number of benzene rings is 2. The lowest BCUT2D eigenvalue weighted by molar-refractivity contribution is -0.142. The highest BCUT2D eigenvalue weighted by molar-refractivity contribution is 5.86. The summed E-state index contributed by atoms with van der Waals surface area (Å²) < 4.78 is 2.25. The van der Waals surface area contributed by atoms with E-state index in [1.807, 2.05) is 12.1 Å². The van der Waals surface area contributed by atoms with Crippen molar-refractivity contribution >= 4 is 16.9 Å². The second-order valence-electron chi connectivity index (χ2n) is 9.80. The van der Waals surface area contributed by atoms with Crippen molar-refractivity contribution in [3.05, 3.63) is 75.8 Å². The van der Waals surface area contributed by atoms with Crippen LogP contribution in [0.5, 0.6) is 0 Å². The van der Waals surface area contributed by atoms with Gasteiger partial charge in [-0.25, -0.2) is 0 Å². The molecule has 0 spiro atoms. The van der Waals surface area contributed by atoms with E-state index in [9.17, 15) is 14.8 Å². The number of aryl methyl sites for hydroxylation is 3. The number of nitroso groups, excluding NO2 is 1. The van der Waals surface area contributed by atoms with Gasteiger partial charge in [-0.1, -0.05) is 66.9 Å². The molecule has 0 saturated carbocycles. The van der Waals surface area contributed by atoms with Crippen molar-refractivity contribution < 1.29 is 9.90 Å². The first kappa shape index (κ1) is 24.2. The zero-order valence-electron chi connectivity index (χ0n) is 20.2. The molecule has 34 heavy (non-hydrogen) atoms. The van der Waals surface area contributed by atoms with Crippen LogP contribution in [0.2, 0.25) is 0 Å². The lowest BCUT2D eigenvalue weighted by atomic mass is 9.90. The predicted octanol–water partition coefficient (Wildman–Crippen LogP) is 7.15. The van der Waals surface area contributed by atoms with E-state index in [2.05, 4.69) is 53.2 Å². The van der Waals surface area contributed by atoms with Gasteiger partial charge in [0, 0.05) is 23.6 Å². The number of hydrogen-bond acceptors (Lipinski definition) is 3. The van der Waals surface area contributed by atoms with Crippen molar-refractivity contribution in [3.8, 4) is 0 Å². The van der Waals surface area contributed by atoms with E-state index >= 15 is 0 Å². The van der Waals surface area contributed by atoms with Crippen LogP contribution >= 0.6 is 0 Å². The summed E-state index contributed by atoms with van der Waals surface area (Å²) in [5.74, 6) is -1.37. The lowest BCUT2D eigenvalue weighted by Crippen LogP contribution is -2.16. The highest BCUT2D eigenvalue weighted by atomic mass is 16.4. The van der Waals surface area contributed by atoms with Gasteiger partial charge in [-0.2, -0.15) is 4.91 Å². The van der Waals surface area contributed by atoms with Crippen LogP contribution in [0, 0.1) is 10.8 Å². The maximum Gasteiger partial charge on any atom is 0.306 e. The van der Waals surface area contributed by atoms with Gasteiger partial charge in [0.2, 0.25) is 0 Å². The molecule has 1 heterocycles. The number of nitrogens with zero attached hydrogens (tertiary/aromatic N) is 2. The van der Waals surface area contributed by atoms with Crippen LogP contribution in [0.1, 0.15) is 79.8 Å². The van der Waals surface area contributed by atoms with Crippen LogP contribution in [-0.2, 0) is 31.1 Å². The second-order valence-corrected chi connectivity index (χ2v) is 9.80. The molecule has 180 valence electrons. The quantitative estimate of drug-likeness (QED) is 0.230. The normalized spacial score (nSPS) is 15.1. The van der Waals surface area contributed by atoms with E-state index in [1.165, 1.54) is 35.0 Å². The SMILES string of the molecule is Cn1c2c(c3ccc(C(CC(CCCCCCc4ccccc4)C(=O)O)N=O)cc31)CCCC2. The molecule has 5 nitrogen and oxygen atoms in total. The van der Waals surface area contributed by atoms with Crippen LogP contribution in [0.3, 0.4) is 0 Å². The standard InChI is InChI=1S/C29H36N2O3/c1-31-27-16-10-9-15-24(27)25-18-17-22(20-28(25)31)26(30-34)19-23(29(32)33)14-8-3-2-5-11-21-12-6-4-7-13-21/h4,6-7,12-13,17-18,20,23,26H,2-3,5,8-11,14-16,19H2,1H3,(H,32,33). The summed E-state index contributed by atoms with van der Waals surface area (Å²) in [5, 5.41) is 14.4. The molecule has 0 fully saturated rings. The van der Waals surface area contributed by atoms with Crippen molar-refractivity contribution in [1.82, 2.24) is 4.57 Å². The number of carboxylic acid groups (broad SMARTS) is 1. The largest absolute Gasteiger partial charge is 0.481 e. The van der Waals surface area contributed by atoms with Gasteiger partial charge >= 0.3 is 5.97 Å². The van der Waals surface area contributed by atoms with Crippen LogP contribution in [0.15, 0.2) is 53.7 Å². The number of fused-ring (bicyclic) bond motifs is 3. The Kier molecular flexibility index (Phi) is 8.15. The molecule has 2 atom stereocenters. The van der Waals surface area contributed by atoms with Gasteiger partial charge < -0.3 is 9.67 Å². The summed E-state index contributed by atoms with van der Waals surface area (Å²) in [5.41, 5.74) is 6.13. The van der Waals surface area contributed by atoms with Gasteiger partial charge in [-0.15, -0.1) is 0 Å². The summed E-state index contributed by atoms with van der Waals surface area (Å²) >= 11 is 0. The Morgan fingerprint density at radius 2 is 1.79 bits per heavy atom. The lowest BCUT2D eigenvalue weighted by Gasteiger charge is -2.16. The summed E-state index contributed by atoms with van der Waals surface area (Å²) in [6, 6.07) is 16.0. The Bertz CT molecular complexity index is 1120. The fourth-order valence-corrected chi connectivity index (χ4v) is 5.55. The zero-order valence-corrected chi connectivity index (χ0v) is 20.2. The molecule has 2 unspecified atom stereocenters. The third-order valence-corrected chi connectivity index (χ3v) is 7.53. The molecule has 0 amide bonds. The molecule has 0 bridgehead atoms. The molecule has 1 aliphatic rings. The number of rotatable bonds is 12. The molecule has 0 aliphatic heterocycles. The predicted molar refractivity (Wildman–Crippen MR) is 137 cm³/mol. The average Bonchev–Trinajstić information content (AvgIpc) is 3.15. The van der Waals surface area contributed by atoms with Crippen molar-refractivity contribution in [2.45, 2.75) is 76.7 Å². The minimum atomic E-state index is -0.826. The van der Waals surface area contributed by atoms with Crippen molar-refractivity contribution in [1.29, 1.82) is 0 Å². The number of aliphatic carboxylic acids is 1. The number of carbonyl (C=O) groups is 1. The monoisotopic (exact) mass is 460 g/mol.